The molecule has 5 heteroatoms. The van der Waals surface area contributed by atoms with Crippen molar-refractivity contribution >= 4 is 11.9 Å². The number of rotatable bonds is 17. The van der Waals surface area contributed by atoms with Gasteiger partial charge in [0.25, 0.3) is 0 Å². The van der Waals surface area contributed by atoms with Crippen LogP contribution in [0.5, 0.6) is 0 Å². The molecule has 0 aromatic heterocycles. The predicted octanol–water partition coefficient (Wildman–Crippen LogP) is 1.53. The molecular weight excluding hydrogens is 349 g/mol. The van der Waals surface area contributed by atoms with E-state index in [0.717, 1.165) is 12.8 Å². The van der Waals surface area contributed by atoms with Gasteiger partial charge in [0, 0.05) is 0 Å². The third-order valence-electron chi connectivity index (χ3n) is 4.71. The first kappa shape index (κ1) is 28.9. The topological polar surface area (TPSA) is 69.2 Å². The van der Waals surface area contributed by atoms with E-state index in [9.17, 15) is 14.7 Å². The van der Waals surface area contributed by atoms with Gasteiger partial charge in [0.05, 0.1) is 12.0 Å². The number of hydrogen-bond acceptors (Lipinski definition) is 3. The summed E-state index contributed by atoms with van der Waals surface area (Å²) >= 11 is 0. The number of carbonyl (C=O) groups is 2. The predicted molar refractivity (Wildman–Crippen MR) is 107 cm³/mol. The molecule has 0 aliphatic rings. The van der Waals surface area contributed by atoms with Crippen molar-refractivity contribution in [2.75, 3.05) is 0 Å². The number of carbonyl (C=O) groups excluding carboxylic acids is 2. The first-order valence-corrected chi connectivity index (χ1v) is 10.7. The van der Waals surface area contributed by atoms with E-state index >= 15 is 0 Å². The van der Waals surface area contributed by atoms with Gasteiger partial charge in [-0.05, 0) is 24.8 Å². The number of carboxylic acids is 1. The van der Waals surface area contributed by atoms with Gasteiger partial charge in [-0.1, -0.05) is 97.5 Å². The van der Waals surface area contributed by atoms with Crippen LogP contribution in [-0.2, 0) is 9.59 Å². The van der Waals surface area contributed by atoms with Gasteiger partial charge in [0.2, 0.25) is 5.91 Å². The first-order chi connectivity index (χ1) is 12.5. The molecule has 0 unspecified atom stereocenters. The van der Waals surface area contributed by atoms with Crippen LogP contribution in [0.1, 0.15) is 104 Å². The van der Waals surface area contributed by atoms with Crippen LogP contribution in [0.3, 0.4) is 0 Å². The monoisotopic (exact) mass is 389 g/mol. The Kier molecular flexibility index (Phi) is 21.8. The van der Waals surface area contributed by atoms with Crippen molar-refractivity contribution in [3.05, 3.63) is 12.2 Å². The standard InChI is InChI=1S/C22H41NO3.Na/c1-4-5-6-7-8-9-10-11-12-13-14-15-16-17-18-20(24)23-21(19(2)3)22(25)26;/h17-19,21H,4-16H2,1-3H3,(H,23,24)(H,25,26);/q;+1/p-1/t21-;/m0./s1. The Balaban J connectivity index is 0. The van der Waals surface area contributed by atoms with Gasteiger partial charge in [-0.15, -0.1) is 0 Å². The molecule has 27 heavy (non-hydrogen) atoms. The van der Waals surface area contributed by atoms with Crippen molar-refractivity contribution in [2.24, 2.45) is 5.92 Å². The van der Waals surface area contributed by atoms with Gasteiger partial charge in [0.15, 0.2) is 0 Å². The van der Waals surface area contributed by atoms with Crippen LogP contribution in [-0.4, -0.2) is 17.9 Å². The van der Waals surface area contributed by atoms with Gasteiger partial charge in [-0.3, -0.25) is 4.79 Å². The molecule has 0 saturated heterocycles. The molecule has 4 nitrogen and oxygen atoms in total. The summed E-state index contributed by atoms with van der Waals surface area (Å²) in [5.74, 6) is -1.77. The number of amides is 1. The molecule has 0 aliphatic heterocycles. The van der Waals surface area contributed by atoms with E-state index in [4.69, 9.17) is 0 Å². The number of nitrogens with one attached hydrogen (secondary N) is 1. The van der Waals surface area contributed by atoms with E-state index in [1.807, 2.05) is 6.08 Å². The normalized spacial score (nSPS) is 12.1. The number of carboxylic acid groups (broad SMARTS) is 1. The third kappa shape index (κ3) is 18.8. The average molecular weight is 390 g/mol. The maximum atomic E-state index is 11.7. The van der Waals surface area contributed by atoms with Gasteiger partial charge in [-0.2, -0.15) is 0 Å². The Morgan fingerprint density at radius 3 is 1.70 bits per heavy atom. The van der Waals surface area contributed by atoms with Gasteiger partial charge < -0.3 is 15.2 Å². The van der Waals surface area contributed by atoms with E-state index in [-0.39, 0.29) is 41.4 Å². The van der Waals surface area contributed by atoms with E-state index in [1.54, 1.807) is 13.8 Å². The summed E-state index contributed by atoms with van der Waals surface area (Å²) in [6.07, 6.45) is 19.9. The molecule has 1 amide bonds. The molecule has 0 fully saturated rings. The fourth-order valence-electron chi connectivity index (χ4n) is 2.99. The van der Waals surface area contributed by atoms with Crippen LogP contribution in [0.15, 0.2) is 12.2 Å². The summed E-state index contributed by atoms with van der Waals surface area (Å²) in [7, 11) is 0. The molecule has 1 N–H and O–H groups in total. The number of aliphatic carboxylic acids is 1. The molecule has 0 heterocycles. The van der Waals surface area contributed by atoms with Crippen molar-refractivity contribution in [2.45, 2.75) is 110 Å². The summed E-state index contributed by atoms with van der Waals surface area (Å²) < 4.78 is 0. The van der Waals surface area contributed by atoms with Crippen LogP contribution >= 0.6 is 0 Å². The van der Waals surface area contributed by atoms with Crippen LogP contribution in [0.2, 0.25) is 0 Å². The first-order valence-electron chi connectivity index (χ1n) is 10.7. The minimum atomic E-state index is -1.23. The number of unbranched alkanes of at least 4 members (excludes halogenated alkanes) is 12. The van der Waals surface area contributed by atoms with E-state index in [1.165, 1.54) is 76.7 Å². The summed E-state index contributed by atoms with van der Waals surface area (Å²) in [6, 6.07) is -0.932. The van der Waals surface area contributed by atoms with Crippen LogP contribution in [0.4, 0.5) is 0 Å². The smallest absolute Gasteiger partial charge is 0.548 e. The molecule has 0 aromatic carbocycles. The molecule has 0 bridgehead atoms. The average Bonchev–Trinajstić information content (AvgIpc) is 2.59. The maximum absolute atomic E-state index is 11.7. The van der Waals surface area contributed by atoms with Crippen LogP contribution < -0.4 is 40.0 Å². The van der Waals surface area contributed by atoms with Crippen molar-refractivity contribution < 1.29 is 44.3 Å². The maximum Gasteiger partial charge on any atom is 1.00 e. The largest absolute Gasteiger partial charge is 1.00 e. The van der Waals surface area contributed by atoms with Gasteiger partial charge in [-0.25, -0.2) is 0 Å². The molecular formula is C22H40NNaO3. The second-order valence-corrected chi connectivity index (χ2v) is 7.63. The summed E-state index contributed by atoms with van der Waals surface area (Å²) in [5.41, 5.74) is 0. The van der Waals surface area contributed by atoms with Crippen molar-refractivity contribution in [1.82, 2.24) is 5.32 Å². The van der Waals surface area contributed by atoms with E-state index in [2.05, 4.69) is 12.2 Å². The molecule has 1 atom stereocenters. The fourth-order valence-corrected chi connectivity index (χ4v) is 2.99. The van der Waals surface area contributed by atoms with Gasteiger partial charge in [0.1, 0.15) is 0 Å². The Labute approximate surface area is 189 Å². The zero-order valence-corrected chi connectivity index (χ0v) is 20.2. The second kappa shape index (κ2) is 20.4. The van der Waals surface area contributed by atoms with Gasteiger partial charge >= 0.3 is 29.6 Å². The molecule has 0 radical (unpaired) electrons. The van der Waals surface area contributed by atoms with E-state index in [0.29, 0.717) is 0 Å². The molecule has 152 valence electrons. The summed E-state index contributed by atoms with van der Waals surface area (Å²) in [6.45, 7) is 5.75. The Bertz CT molecular complexity index is 397. The molecule has 0 spiro atoms. The zero-order chi connectivity index (χ0) is 19.6. The Hall–Kier alpha value is -0.320. The van der Waals surface area contributed by atoms with Crippen LogP contribution in [0.25, 0.3) is 0 Å². The minimum Gasteiger partial charge on any atom is -0.548 e. The zero-order valence-electron chi connectivity index (χ0n) is 18.2. The van der Waals surface area contributed by atoms with Crippen LogP contribution in [0, 0.1) is 5.92 Å². The quantitative estimate of drug-likeness (QED) is 0.233. The Morgan fingerprint density at radius 2 is 1.30 bits per heavy atom. The van der Waals surface area contributed by atoms with E-state index < -0.39 is 12.0 Å². The third-order valence-corrected chi connectivity index (χ3v) is 4.71. The SMILES string of the molecule is CCCCCCCCCCCCCCC=CC(=O)N[C@H](C(=O)[O-])C(C)C.[Na+]. The van der Waals surface area contributed by atoms with Crippen molar-refractivity contribution in [3.63, 3.8) is 0 Å². The Morgan fingerprint density at radius 1 is 0.852 bits per heavy atom. The molecule has 0 saturated carbocycles. The van der Waals surface area contributed by atoms with Crippen molar-refractivity contribution in [1.29, 1.82) is 0 Å². The minimum absolute atomic E-state index is 0. The second-order valence-electron chi connectivity index (χ2n) is 7.63. The summed E-state index contributed by atoms with van der Waals surface area (Å²) in [5, 5.41) is 13.4. The van der Waals surface area contributed by atoms with Crippen molar-refractivity contribution in [3.8, 4) is 0 Å². The molecule has 0 aliphatic carbocycles. The number of hydrogen-bond donors (Lipinski definition) is 1. The molecule has 0 aromatic rings. The fraction of sp³-hybridized carbons (Fsp3) is 0.818. The summed E-state index contributed by atoms with van der Waals surface area (Å²) in [4.78, 5) is 22.6. The molecule has 0 rings (SSSR count). The number of allylic oxidation sites excluding steroid dienone is 1.